The zero-order valence-corrected chi connectivity index (χ0v) is 69.9. The number of furan rings is 1. The minimum absolute atomic E-state index is 0.521. The van der Waals surface area contributed by atoms with E-state index in [1.54, 1.807) is 0 Å². The van der Waals surface area contributed by atoms with Crippen LogP contribution in [0.2, 0.25) is 0 Å². The zero-order valence-electron chi connectivity index (χ0n) is 69.1. The number of thiophene rings is 1. The molecule has 0 N–H and O–H groups in total. The van der Waals surface area contributed by atoms with Gasteiger partial charge in [-0.2, -0.15) is 0 Å². The molecule has 2 aliphatic carbocycles. The van der Waals surface area contributed by atoms with Crippen LogP contribution in [0.5, 0.6) is 0 Å². The van der Waals surface area contributed by atoms with E-state index in [1.165, 1.54) is 126 Å². The first-order chi connectivity index (χ1) is 62.5. The molecule has 0 spiro atoms. The third-order valence-corrected chi connectivity index (χ3v) is 27.2. The highest BCUT2D eigenvalue weighted by Gasteiger charge is 2.48. The molecule has 0 unspecified atom stereocenters. The molecule has 2 aromatic heterocycles. The Hall–Kier alpha value is -16.0. The Morgan fingerprint density at radius 1 is 0.190 bits per heavy atom. The third-order valence-electron chi connectivity index (χ3n) is 25.9. The molecule has 0 radical (unpaired) electrons. The molecule has 0 saturated heterocycles. The largest absolute Gasteiger partial charge is 0.455 e. The summed E-state index contributed by atoms with van der Waals surface area (Å²) in [5, 5.41) is 4.88. The fourth-order valence-electron chi connectivity index (χ4n) is 20.3. The topological polar surface area (TPSA) is 19.6 Å². The van der Waals surface area contributed by atoms with Gasteiger partial charge in [-0.15, -0.1) is 11.3 Å². The summed E-state index contributed by atoms with van der Waals surface area (Å²) in [6.07, 6.45) is 0. The first-order valence-corrected chi connectivity index (χ1v) is 44.2. The number of anilines is 6. The number of rotatable bonds is 16. The summed E-state index contributed by atoms with van der Waals surface area (Å²) in [4.78, 5) is 4.92. The van der Waals surface area contributed by atoms with Crippen LogP contribution in [0.25, 0.3) is 131 Å². The molecule has 0 amide bonds. The number of para-hydroxylation sites is 4. The summed E-state index contributed by atoms with van der Waals surface area (Å²) in [5.41, 5.74) is 36.5. The van der Waals surface area contributed by atoms with Crippen LogP contribution in [-0.2, 0) is 10.8 Å². The Morgan fingerprint density at radius 2 is 0.524 bits per heavy atom. The van der Waals surface area contributed by atoms with E-state index in [-0.39, 0.29) is 0 Å². The van der Waals surface area contributed by atoms with Crippen LogP contribution in [0.3, 0.4) is 0 Å². The lowest BCUT2D eigenvalue weighted by Gasteiger charge is -2.35. The van der Waals surface area contributed by atoms with Gasteiger partial charge >= 0.3 is 0 Å². The van der Waals surface area contributed by atoms with Crippen LogP contribution in [0, 0.1) is 0 Å². The number of nitrogens with zero attached hydrogens (tertiary/aromatic N) is 2. The van der Waals surface area contributed by atoms with E-state index in [2.05, 4.69) is 495 Å². The van der Waals surface area contributed by atoms with Crippen molar-refractivity contribution < 1.29 is 4.42 Å². The molecule has 4 heteroatoms. The van der Waals surface area contributed by atoms with E-state index in [9.17, 15) is 0 Å². The first-order valence-electron chi connectivity index (χ1n) is 43.3. The van der Waals surface area contributed by atoms with Gasteiger partial charge in [0.2, 0.25) is 0 Å². The highest BCUT2D eigenvalue weighted by atomic mass is 32.1. The van der Waals surface area contributed by atoms with E-state index >= 15 is 0 Å². The van der Waals surface area contributed by atoms with Crippen molar-refractivity contribution >= 4 is 87.6 Å². The van der Waals surface area contributed by atoms with Crippen molar-refractivity contribution in [3.05, 3.63) is 542 Å². The van der Waals surface area contributed by atoms with Crippen molar-refractivity contribution in [3.8, 4) is 89.0 Å². The fourth-order valence-corrected chi connectivity index (χ4v) is 21.6. The van der Waals surface area contributed by atoms with E-state index in [4.69, 9.17) is 4.42 Å². The minimum atomic E-state index is -0.533. The van der Waals surface area contributed by atoms with Gasteiger partial charge in [0.05, 0.1) is 22.2 Å². The summed E-state index contributed by atoms with van der Waals surface area (Å²) in [5.74, 6) is 0. The number of hydrogen-bond donors (Lipinski definition) is 0. The molecule has 0 saturated carbocycles. The van der Waals surface area contributed by atoms with Crippen molar-refractivity contribution in [1.29, 1.82) is 0 Å². The van der Waals surface area contributed by atoms with Gasteiger partial charge in [0.1, 0.15) is 11.2 Å². The van der Waals surface area contributed by atoms with Crippen LogP contribution in [-0.4, -0.2) is 0 Å². The molecule has 0 atom stereocenters. The quantitative estimate of drug-likeness (QED) is 0.0961. The maximum Gasteiger partial charge on any atom is 0.143 e. The second-order valence-electron chi connectivity index (χ2n) is 32.8. The van der Waals surface area contributed by atoms with Crippen molar-refractivity contribution in [2.45, 2.75) is 10.8 Å². The Morgan fingerprint density at radius 3 is 1.01 bits per heavy atom. The Kier molecular flexibility index (Phi) is 18.9. The van der Waals surface area contributed by atoms with Crippen LogP contribution < -0.4 is 9.80 Å². The number of fused-ring (bicyclic) bond motifs is 12. The lowest BCUT2D eigenvalue weighted by atomic mass is 9.67. The smallest absolute Gasteiger partial charge is 0.143 e. The van der Waals surface area contributed by atoms with Gasteiger partial charge in [-0.05, 0) is 202 Å². The Balaban J connectivity index is 0.000000145. The number of hydrogen-bond acceptors (Lipinski definition) is 4. The predicted molar refractivity (Wildman–Crippen MR) is 530 cm³/mol. The van der Waals surface area contributed by atoms with Gasteiger partial charge < -0.3 is 14.2 Å². The molecule has 2 aliphatic rings. The maximum atomic E-state index is 6.51. The van der Waals surface area contributed by atoms with Crippen LogP contribution in [0.1, 0.15) is 44.5 Å². The lowest BCUT2D eigenvalue weighted by Crippen LogP contribution is -2.28. The van der Waals surface area contributed by atoms with Gasteiger partial charge in [-0.25, -0.2) is 0 Å². The van der Waals surface area contributed by atoms with E-state index < -0.39 is 10.8 Å². The van der Waals surface area contributed by atoms with Gasteiger partial charge in [0, 0.05) is 70.4 Å². The first kappa shape index (κ1) is 75.0. The summed E-state index contributed by atoms with van der Waals surface area (Å²) >= 11 is 1.88. The SMILES string of the molecule is c1ccc(-c2cccc(-c3ccccc3N(c3ccc(-c4cccc5c4oc4ccccc45)cc3)c3ccc4c(c3)C(c3ccccc3)(c3ccccc3)c3ccccc3-4)c2)cc1.c1ccc(-c2cccc(-c3ccccc3N(c3ccc(-c4cccc5c4sc4ccccc45)cc3)c3ccc4c(c3)C(c3ccccc3)(c3ccccc3)c3ccccc3-4)c2)cc1. The molecule has 0 fully saturated rings. The average molecular weight is 1620 g/mol. The summed E-state index contributed by atoms with van der Waals surface area (Å²) in [7, 11) is 0. The number of benzene rings is 20. The van der Waals surface area contributed by atoms with E-state index in [0.717, 1.165) is 83.9 Å². The van der Waals surface area contributed by atoms with Crippen molar-refractivity contribution in [3.63, 3.8) is 0 Å². The Labute approximate surface area is 738 Å². The molecule has 22 aromatic rings. The zero-order chi connectivity index (χ0) is 83.5. The molecule has 0 bridgehead atoms. The molecule has 2 heterocycles. The summed E-state index contributed by atoms with van der Waals surface area (Å²) in [6, 6.07) is 182. The standard InChI is InChI=1S/C61H41NO.C61H41NS/c2*1-4-18-42(19-5-1)44-20-16-21-45(40-44)50-26-11-14-32-58(50)62(48-36-34-43(35-37-48)51-29-17-30-55-54-28-12-15-33-59(54)63-60(51)55)49-38-39-53-52-27-10-13-31-56(52)61(57(53)41-49,46-22-6-2-7-23-46)47-24-8-3-9-25-47/h2*1-41H. The molecule has 0 aliphatic heterocycles. The monoisotopic (exact) mass is 1620 g/mol. The fraction of sp³-hybridized carbons (Fsp3) is 0.0164. The highest BCUT2D eigenvalue weighted by molar-refractivity contribution is 7.26. The van der Waals surface area contributed by atoms with Gasteiger partial charge in [0.25, 0.3) is 0 Å². The molecule has 20 aromatic carbocycles. The summed E-state index contributed by atoms with van der Waals surface area (Å²) < 4.78 is 9.15. The van der Waals surface area contributed by atoms with Crippen LogP contribution in [0.15, 0.2) is 502 Å². The van der Waals surface area contributed by atoms with Crippen molar-refractivity contribution in [2.24, 2.45) is 0 Å². The van der Waals surface area contributed by atoms with Crippen LogP contribution in [0.4, 0.5) is 34.1 Å². The van der Waals surface area contributed by atoms with Gasteiger partial charge in [-0.1, -0.05) is 413 Å². The lowest BCUT2D eigenvalue weighted by molar-refractivity contribution is 0.670. The third kappa shape index (κ3) is 12.7. The van der Waals surface area contributed by atoms with Gasteiger partial charge in [-0.3, -0.25) is 0 Å². The molecular formula is C122H82N2OS. The molecular weight excluding hydrogens is 1540 g/mol. The van der Waals surface area contributed by atoms with E-state index in [1.807, 2.05) is 23.5 Å². The summed E-state index contributed by atoms with van der Waals surface area (Å²) in [6.45, 7) is 0. The van der Waals surface area contributed by atoms with Gasteiger partial charge in [0.15, 0.2) is 0 Å². The minimum Gasteiger partial charge on any atom is -0.455 e. The van der Waals surface area contributed by atoms with Crippen molar-refractivity contribution in [1.82, 2.24) is 0 Å². The van der Waals surface area contributed by atoms with Crippen molar-refractivity contribution in [2.75, 3.05) is 9.80 Å². The maximum absolute atomic E-state index is 6.51. The molecule has 126 heavy (non-hydrogen) atoms. The molecule has 3 nitrogen and oxygen atoms in total. The normalized spacial score (nSPS) is 12.6. The second-order valence-corrected chi connectivity index (χ2v) is 33.8. The van der Waals surface area contributed by atoms with E-state index in [0.29, 0.717) is 0 Å². The molecule has 24 rings (SSSR count). The Bertz CT molecular complexity index is 7270. The molecule has 592 valence electrons. The average Bonchev–Trinajstić information content (AvgIpc) is 1.54. The second kappa shape index (κ2) is 31.8. The van der Waals surface area contributed by atoms with Crippen LogP contribution >= 0.6 is 11.3 Å². The highest BCUT2D eigenvalue weighted by Crippen LogP contribution is 2.60. The predicted octanol–water partition coefficient (Wildman–Crippen LogP) is 33.3.